The van der Waals surface area contributed by atoms with Crippen LogP contribution in [0.1, 0.15) is 17.3 Å². The van der Waals surface area contributed by atoms with Crippen LogP contribution in [0.4, 0.5) is 4.39 Å². The van der Waals surface area contributed by atoms with Crippen LogP contribution in [0.3, 0.4) is 0 Å². The first kappa shape index (κ1) is 12.9. The van der Waals surface area contributed by atoms with Gasteiger partial charge in [-0.05, 0) is 25.1 Å². The summed E-state index contributed by atoms with van der Waals surface area (Å²) in [5, 5.41) is 9.00. The summed E-state index contributed by atoms with van der Waals surface area (Å²) >= 11 is 5.77. The van der Waals surface area contributed by atoms with E-state index >= 15 is 0 Å². The SMILES string of the molecule is CC(CO)N(C)C(=O)c1ccc(F)cc1Cl. The van der Waals surface area contributed by atoms with E-state index in [9.17, 15) is 9.18 Å². The molecule has 1 atom stereocenters. The van der Waals surface area contributed by atoms with Crippen LogP contribution in [0.5, 0.6) is 0 Å². The first-order valence-electron chi connectivity index (χ1n) is 4.80. The second-order valence-corrected chi connectivity index (χ2v) is 3.98. The number of aliphatic hydroxyl groups is 1. The highest BCUT2D eigenvalue weighted by atomic mass is 35.5. The largest absolute Gasteiger partial charge is 0.394 e. The minimum atomic E-state index is -0.487. The Hall–Kier alpha value is -1.13. The smallest absolute Gasteiger partial charge is 0.255 e. The minimum Gasteiger partial charge on any atom is -0.394 e. The molecule has 0 spiro atoms. The average molecular weight is 246 g/mol. The second-order valence-electron chi connectivity index (χ2n) is 3.57. The lowest BCUT2D eigenvalue weighted by Gasteiger charge is -2.23. The predicted molar refractivity (Wildman–Crippen MR) is 60.1 cm³/mol. The standard InChI is InChI=1S/C11H13ClFNO2/c1-7(6-15)14(2)11(16)9-4-3-8(13)5-10(9)12/h3-5,7,15H,6H2,1-2H3. The number of halogens is 2. The molecule has 1 aromatic carbocycles. The van der Waals surface area contributed by atoms with Gasteiger partial charge in [0, 0.05) is 7.05 Å². The summed E-state index contributed by atoms with van der Waals surface area (Å²) in [6.45, 7) is 1.57. The van der Waals surface area contributed by atoms with Crippen molar-refractivity contribution in [1.82, 2.24) is 4.90 Å². The average Bonchev–Trinajstić information content (AvgIpc) is 2.26. The van der Waals surface area contributed by atoms with Crippen LogP contribution in [0.15, 0.2) is 18.2 Å². The van der Waals surface area contributed by atoms with Gasteiger partial charge in [-0.15, -0.1) is 0 Å². The number of aliphatic hydroxyl groups excluding tert-OH is 1. The van der Waals surface area contributed by atoms with Gasteiger partial charge in [-0.2, -0.15) is 0 Å². The molecule has 0 aliphatic rings. The van der Waals surface area contributed by atoms with Crippen molar-refractivity contribution in [2.24, 2.45) is 0 Å². The van der Waals surface area contributed by atoms with E-state index in [1.165, 1.54) is 17.0 Å². The van der Waals surface area contributed by atoms with Crippen molar-refractivity contribution in [3.05, 3.63) is 34.6 Å². The number of nitrogens with zero attached hydrogens (tertiary/aromatic N) is 1. The molecule has 0 radical (unpaired) electrons. The van der Waals surface area contributed by atoms with Gasteiger partial charge >= 0.3 is 0 Å². The fourth-order valence-electron chi connectivity index (χ4n) is 1.18. The quantitative estimate of drug-likeness (QED) is 0.884. The van der Waals surface area contributed by atoms with Crippen LogP contribution < -0.4 is 0 Å². The molecule has 3 nitrogen and oxygen atoms in total. The fourth-order valence-corrected chi connectivity index (χ4v) is 1.42. The molecule has 1 aromatic rings. The molecule has 0 aliphatic heterocycles. The predicted octanol–water partition coefficient (Wildman–Crippen LogP) is 1.93. The Labute approximate surface area is 98.4 Å². The van der Waals surface area contributed by atoms with Crippen LogP contribution in [0.2, 0.25) is 5.02 Å². The summed E-state index contributed by atoms with van der Waals surface area (Å²) in [4.78, 5) is 13.2. The Morgan fingerprint density at radius 3 is 2.75 bits per heavy atom. The molecule has 0 fully saturated rings. The van der Waals surface area contributed by atoms with E-state index in [-0.39, 0.29) is 29.1 Å². The Bertz CT molecular complexity index is 398. The molecule has 0 aliphatic carbocycles. The molecule has 1 rings (SSSR count). The normalized spacial score (nSPS) is 12.3. The third kappa shape index (κ3) is 2.71. The number of carbonyl (C=O) groups is 1. The third-order valence-corrected chi connectivity index (χ3v) is 2.72. The van der Waals surface area contributed by atoms with Crippen molar-refractivity contribution < 1.29 is 14.3 Å². The Morgan fingerprint density at radius 2 is 2.25 bits per heavy atom. The van der Waals surface area contributed by atoms with Gasteiger partial charge in [-0.1, -0.05) is 11.6 Å². The molecule has 1 N–H and O–H groups in total. The van der Waals surface area contributed by atoms with E-state index in [0.717, 1.165) is 6.07 Å². The van der Waals surface area contributed by atoms with Crippen molar-refractivity contribution >= 4 is 17.5 Å². The molecule has 0 bridgehead atoms. The first-order valence-corrected chi connectivity index (χ1v) is 5.18. The summed E-state index contributed by atoms with van der Waals surface area (Å²) in [5.74, 6) is -0.828. The Kier molecular flexibility index (Phi) is 4.26. The molecule has 0 heterocycles. The van der Waals surface area contributed by atoms with Gasteiger partial charge in [-0.25, -0.2) is 4.39 Å². The third-order valence-electron chi connectivity index (χ3n) is 2.41. The fraction of sp³-hybridized carbons (Fsp3) is 0.364. The lowest BCUT2D eigenvalue weighted by Crippen LogP contribution is -2.37. The van der Waals surface area contributed by atoms with Crippen LogP contribution >= 0.6 is 11.6 Å². The van der Waals surface area contributed by atoms with Crippen molar-refractivity contribution in [3.8, 4) is 0 Å². The highest BCUT2D eigenvalue weighted by Crippen LogP contribution is 2.19. The number of carbonyl (C=O) groups excluding carboxylic acids is 1. The molecule has 0 saturated heterocycles. The number of hydrogen-bond acceptors (Lipinski definition) is 2. The summed E-state index contributed by atoms with van der Waals surface area (Å²) in [5.41, 5.74) is 0.228. The van der Waals surface area contributed by atoms with Crippen LogP contribution in [-0.4, -0.2) is 35.6 Å². The first-order chi connectivity index (χ1) is 7.47. The minimum absolute atomic E-state index is 0.0713. The van der Waals surface area contributed by atoms with E-state index in [2.05, 4.69) is 0 Å². The zero-order valence-corrected chi connectivity index (χ0v) is 9.83. The summed E-state index contributed by atoms with van der Waals surface area (Å²) in [6.07, 6.45) is 0. The van der Waals surface area contributed by atoms with E-state index < -0.39 is 5.82 Å². The van der Waals surface area contributed by atoms with E-state index in [1.54, 1.807) is 14.0 Å². The number of likely N-dealkylation sites (N-methyl/N-ethyl adjacent to an activating group) is 1. The second kappa shape index (κ2) is 5.27. The Morgan fingerprint density at radius 1 is 1.62 bits per heavy atom. The van der Waals surface area contributed by atoms with Crippen molar-refractivity contribution in [2.45, 2.75) is 13.0 Å². The lowest BCUT2D eigenvalue weighted by molar-refractivity contribution is 0.0682. The lowest BCUT2D eigenvalue weighted by atomic mass is 10.1. The number of benzene rings is 1. The van der Waals surface area contributed by atoms with Gasteiger partial charge in [0.25, 0.3) is 5.91 Å². The molecule has 0 aromatic heterocycles. The molecular formula is C11H13ClFNO2. The molecule has 1 amide bonds. The summed E-state index contributed by atoms with van der Waals surface area (Å²) in [6, 6.07) is 3.29. The van der Waals surface area contributed by atoms with Gasteiger partial charge in [0.2, 0.25) is 0 Å². The van der Waals surface area contributed by atoms with Gasteiger partial charge in [0.15, 0.2) is 0 Å². The monoisotopic (exact) mass is 245 g/mol. The molecule has 5 heteroatoms. The topological polar surface area (TPSA) is 40.5 Å². The van der Waals surface area contributed by atoms with Gasteiger partial charge in [0.1, 0.15) is 5.82 Å². The van der Waals surface area contributed by atoms with E-state index in [4.69, 9.17) is 16.7 Å². The van der Waals surface area contributed by atoms with Gasteiger partial charge in [-0.3, -0.25) is 4.79 Å². The van der Waals surface area contributed by atoms with Crippen molar-refractivity contribution in [2.75, 3.05) is 13.7 Å². The molecule has 1 unspecified atom stereocenters. The zero-order chi connectivity index (χ0) is 12.3. The number of rotatable bonds is 3. The molecule has 0 saturated carbocycles. The maximum atomic E-state index is 12.8. The van der Waals surface area contributed by atoms with Crippen molar-refractivity contribution in [3.63, 3.8) is 0 Å². The van der Waals surface area contributed by atoms with E-state index in [1.807, 2.05) is 0 Å². The highest BCUT2D eigenvalue weighted by Gasteiger charge is 2.19. The van der Waals surface area contributed by atoms with Crippen LogP contribution in [-0.2, 0) is 0 Å². The van der Waals surface area contributed by atoms with E-state index in [0.29, 0.717) is 0 Å². The maximum absolute atomic E-state index is 12.8. The number of hydrogen-bond donors (Lipinski definition) is 1. The summed E-state index contributed by atoms with van der Waals surface area (Å²) < 4.78 is 12.8. The molecule has 16 heavy (non-hydrogen) atoms. The zero-order valence-electron chi connectivity index (χ0n) is 9.08. The van der Waals surface area contributed by atoms with Crippen molar-refractivity contribution in [1.29, 1.82) is 0 Å². The molecular weight excluding hydrogens is 233 g/mol. The van der Waals surface area contributed by atoms with Gasteiger partial charge in [0.05, 0.1) is 23.2 Å². The molecule has 88 valence electrons. The maximum Gasteiger partial charge on any atom is 0.255 e. The van der Waals surface area contributed by atoms with Crippen LogP contribution in [0, 0.1) is 5.82 Å². The Balaban J connectivity index is 2.96. The number of amides is 1. The van der Waals surface area contributed by atoms with Crippen LogP contribution in [0.25, 0.3) is 0 Å². The summed E-state index contributed by atoms with van der Waals surface area (Å²) in [7, 11) is 1.56. The van der Waals surface area contributed by atoms with Gasteiger partial charge < -0.3 is 10.0 Å². The highest BCUT2D eigenvalue weighted by molar-refractivity contribution is 6.33.